The van der Waals surface area contributed by atoms with Crippen LogP contribution in [-0.4, -0.2) is 19.2 Å². The molecule has 0 amide bonds. The average Bonchev–Trinajstić information content (AvgIpc) is 2.47. The topological polar surface area (TPSA) is 69.4 Å². The van der Waals surface area contributed by atoms with Crippen LogP contribution in [0.5, 0.6) is 11.6 Å². The molecule has 5 nitrogen and oxygen atoms in total. The molecule has 0 bridgehead atoms. The van der Waals surface area contributed by atoms with Crippen molar-refractivity contribution < 1.29 is 9.47 Å². The maximum atomic E-state index is 6.17. The Balaban J connectivity index is 2.17. The van der Waals surface area contributed by atoms with Crippen LogP contribution in [0.2, 0.25) is 5.02 Å². The van der Waals surface area contributed by atoms with Gasteiger partial charge in [-0.25, -0.2) is 0 Å². The number of methoxy groups -OCH3 is 2. The Bertz CT molecular complexity index is 605. The molecular weight excluding hydrogens is 278 g/mol. The summed E-state index contributed by atoms with van der Waals surface area (Å²) in [6, 6.07) is 9.03. The standard InChI is InChI=1S/C14H16ClN3O2/c1-19-12-5-3-4-10(15)9(12)8-17-13-7-6-11(16)14(18-13)20-2/h3-7H,8,16H2,1-2H3,(H,17,18). The molecule has 0 saturated heterocycles. The number of halogens is 1. The molecule has 1 heterocycles. The Hall–Kier alpha value is -2.14. The van der Waals surface area contributed by atoms with Crippen LogP contribution in [0.15, 0.2) is 30.3 Å². The number of nitrogens with one attached hydrogen (secondary N) is 1. The summed E-state index contributed by atoms with van der Waals surface area (Å²) in [5.74, 6) is 1.77. The van der Waals surface area contributed by atoms with E-state index in [-0.39, 0.29) is 0 Å². The minimum Gasteiger partial charge on any atom is -0.496 e. The highest BCUT2D eigenvalue weighted by atomic mass is 35.5. The van der Waals surface area contributed by atoms with Gasteiger partial charge in [0.25, 0.3) is 0 Å². The van der Waals surface area contributed by atoms with Gasteiger partial charge in [-0.05, 0) is 24.3 Å². The number of rotatable bonds is 5. The predicted molar refractivity (Wildman–Crippen MR) is 80.5 cm³/mol. The number of hydrogen-bond acceptors (Lipinski definition) is 5. The summed E-state index contributed by atoms with van der Waals surface area (Å²) < 4.78 is 10.4. The van der Waals surface area contributed by atoms with Crippen molar-refractivity contribution in [3.8, 4) is 11.6 Å². The number of ether oxygens (including phenoxy) is 2. The van der Waals surface area contributed by atoms with E-state index in [1.54, 1.807) is 19.2 Å². The Morgan fingerprint density at radius 2 is 2.00 bits per heavy atom. The van der Waals surface area contributed by atoms with Crippen LogP contribution >= 0.6 is 11.6 Å². The van der Waals surface area contributed by atoms with E-state index in [9.17, 15) is 0 Å². The molecule has 1 aromatic carbocycles. The van der Waals surface area contributed by atoms with Gasteiger partial charge in [0.05, 0.1) is 19.9 Å². The van der Waals surface area contributed by atoms with Crippen LogP contribution in [0.1, 0.15) is 5.56 Å². The van der Waals surface area contributed by atoms with Crippen molar-refractivity contribution >= 4 is 23.1 Å². The van der Waals surface area contributed by atoms with Gasteiger partial charge in [0.1, 0.15) is 11.6 Å². The van der Waals surface area contributed by atoms with Crippen LogP contribution in [0.25, 0.3) is 0 Å². The molecule has 3 N–H and O–H groups in total. The largest absolute Gasteiger partial charge is 0.496 e. The number of benzene rings is 1. The Morgan fingerprint density at radius 1 is 1.20 bits per heavy atom. The van der Waals surface area contributed by atoms with Crippen molar-refractivity contribution in [2.24, 2.45) is 0 Å². The average molecular weight is 294 g/mol. The van der Waals surface area contributed by atoms with Gasteiger partial charge in [-0.2, -0.15) is 4.98 Å². The van der Waals surface area contributed by atoms with Gasteiger partial charge in [0.2, 0.25) is 5.88 Å². The molecule has 2 aromatic rings. The quantitative estimate of drug-likeness (QED) is 0.887. The molecule has 2 rings (SSSR count). The fourth-order valence-corrected chi connectivity index (χ4v) is 2.03. The summed E-state index contributed by atoms with van der Waals surface area (Å²) in [6.07, 6.45) is 0. The summed E-state index contributed by atoms with van der Waals surface area (Å²) >= 11 is 6.17. The lowest BCUT2D eigenvalue weighted by molar-refractivity contribution is 0.400. The molecule has 0 atom stereocenters. The number of aromatic nitrogens is 1. The van der Waals surface area contributed by atoms with Crippen LogP contribution in [0.4, 0.5) is 11.5 Å². The van der Waals surface area contributed by atoms with Gasteiger partial charge in [-0.3, -0.25) is 0 Å². The molecule has 20 heavy (non-hydrogen) atoms. The van der Waals surface area contributed by atoms with Crippen molar-refractivity contribution in [3.05, 3.63) is 40.9 Å². The van der Waals surface area contributed by atoms with E-state index in [2.05, 4.69) is 10.3 Å². The van der Waals surface area contributed by atoms with Crippen LogP contribution in [-0.2, 0) is 6.54 Å². The second-order valence-electron chi connectivity index (χ2n) is 4.07. The van der Waals surface area contributed by atoms with Crippen LogP contribution in [0, 0.1) is 0 Å². The van der Waals surface area contributed by atoms with Gasteiger partial charge in [0, 0.05) is 17.1 Å². The minimum absolute atomic E-state index is 0.390. The minimum atomic E-state index is 0.390. The SMILES string of the molecule is COc1cccc(Cl)c1CNc1ccc(N)c(OC)n1. The molecule has 0 radical (unpaired) electrons. The molecule has 106 valence electrons. The fraction of sp³-hybridized carbons (Fsp3) is 0.214. The Kier molecular flexibility index (Phi) is 4.53. The van der Waals surface area contributed by atoms with Crippen molar-refractivity contribution in [1.82, 2.24) is 4.98 Å². The van der Waals surface area contributed by atoms with Crippen LogP contribution in [0.3, 0.4) is 0 Å². The molecule has 6 heteroatoms. The number of pyridine rings is 1. The van der Waals surface area contributed by atoms with Gasteiger partial charge >= 0.3 is 0 Å². The highest BCUT2D eigenvalue weighted by Gasteiger charge is 2.08. The molecular formula is C14H16ClN3O2. The molecule has 0 saturated carbocycles. The van der Waals surface area contributed by atoms with E-state index in [1.807, 2.05) is 18.2 Å². The van der Waals surface area contributed by atoms with E-state index in [0.717, 1.165) is 11.3 Å². The van der Waals surface area contributed by atoms with Gasteiger partial charge in [-0.15, -0.1) is 0 Å². The van der Waals surface area contributed by atoms with E-state index < -0.39 is 0 Å². The maximum Gasteiger partial charge on any atom is 0.238 e. The normalized spacial score (nSPS) is 10.2. The molecule has 0 fully saturated rings. The first-order chi connectivity index (χ1) is 9.65. The zero-order valence-electron chi connectivity index (χ0n) is 11.3. The second-order valence-corrected chi connectivity index (χ2v) is 4.48. The molecule has 0 aliphatic heterocycles. The van der Waals surface area contributed by atoms with Crippen molar-refractivity contribution in [2.75, 3.05) is 25.3 Å². The first-order valence-electron chi connectivity index (χ1n) is 6.01. The fourth-order valence-electron chi connectivity index (χ4n) is 1.79. The van der Waals surface area contributed by atoms with E-state index in [1.165, 1.54) is 7.11 Å². The zero-order valence-corrected chi connectivity index (χ0v) is 12.1. The lowest BCUT2D eigenvalue weighted by Crippen LogP contribution is -2.05. The van der Waals surface area contributed by atoms with Crippen molar-refractivity contribution in [2.45, 2.75) is 6.54 Å². The summed E-state index contributed by atoms with van der Waals surface area (Å²) in [7, 11) is 3.14. The van der Waals surface area contributed by atoms with Gasteiger partial charge in [-0.1, -0.05) is 17.7 Å². The van der Waals surface area contributed by atoms with Gasteiger partial charge < -0.3 is 20.5 Å². The summed E-state index contributed by atoms with van der Waals surface area (Å²) in [5, 5.41) is 3.81. The number of nitrogen functional groups attached to an aromatic ring is 1. The third-order valence-electron chi connectivity index (χ3n) is 2.83. The number of anilines is 2. The monoisotopic (exact) mass is 293 g/mol. The third-order valence-corrected chi connectivity index (χ3v) is 3.18. The summed E-state index contributed by atoms with van der Waals surface area (Å²) in [6.45, 7) is 0.489. The highest BCUT2D eigenvalue weighted by molar-refractivity contribution is 6.31. The van der Waals surface area contributed by atoms with Crippen LogP contribution < -0.4 is 20.5 Å². The Morgan fingerprint density at radius 3 is 2.70 bits per heavy atom. The smallest absolute Gasteiger partial charge is 0.238 e. The first-order valence-corrected chi connectivity index (χ1v) is 6.39. The zero-order chi connectivity index (χ0) is 14.5. The number of nitrogens with zero attached hydrogens (tertiary/aromatic N) is 1. The molecule has 0 aliphatic carbocycles. The van der Waals surface area contributed by atoms with Crippen molar-refractivity contribution in [3.63, 3.8) is 0 Å². The molecule has 1 aromatic heterocycles. The lowest BCUT2D eigenvalue weighted by atomic mass is 10.2. The highest BCUT2D eigenvalue weighted by Crippen LogP contribution is 2.27. The number of nitrogens with two attached hydrogens (primary N) is 1. The maximum absolute atomic E-state index is 6.17. The van der Waals surface area contributed by atoms with Gasteiger partial charge in [0.15, 0.2) is 0 Å². The predicted octanol–water partition coefficient (Wildman–Crippen LogP) is 2.95. The Labute approximate surface area is 122 Å². The van der Waals surface area contributed by atoms with E-state index >= 15 is 0 Å². The first kappa shape index (κ1) is 14.3. The second kappa shape index (κ2) is 6.34. The van der Waals surface area contributed by atoms with E-state index in [0.29, 0.717) is 29.0 Å². The number of hydrogen-bond donors (Lipinski definition) is 2. The van der Waals surface area contributed by atoms with Crippen molar-refractivity contribution in [1.29, 1.82) is 0 Å². The summed E-state index contributed by atoms with van der Waals surface area (Å²) in [5.41, 5.74) is 7.08. The van der Waals surface area contributed by atoms with E-state index in [4.69, 9.17) is 26.8 Å². The molecule has 0 unspecified atom stereocenters. The summed E-state index contributed by atoms with van der Waals surface area (Å²) in [4.78, 5) is 4.25. The molecule has 0 spiro atoms. The third kappa shape index (κ3) is 3.05. The molecule has 0 aliphatic rings. The lowest BCUT2D eigenvalue weighted by Gasteiger charge is -2.12.